The Labute approximate surface area is 198 Å². The summed E-state index contributed by atoms with van der Waals surface area (Å²) in [6.45, 7) is 5.70. The first-order valence-electron chi connectivity index (χ1n) is 11.0. The van der Waals surface area contributed by atoms with E-state index in [0.717, 1.165) is 5.56 Å². The quantitative estimate of drug-likeness (QED) is 0.502. The number of amides is 3. The van der Waals surface area contributed by atoms with Crippen molar-refractivity contribution < 1.29 is 19.1 Å². The average Bonchev–Trinajstić information content (AvgIpc) is 3.05. The number of anilines is 3. The number of benzene rings is 3. The van der Waals surface area contributed by atoms with Gasteiger partial charge in [0.25, 0.3) is 11.8 Å². The van der Waals surface area contributed by atoms with Gasteiger partial charge in [-0.05, 0) is 55.8 Å². The van der Waals surface area contributed by atoms with Crippen LogP contribution in [0.2, 0.25) is 0 Å². The summed E-state index contributed by atoms with van der Waals surface area (Å²) in [6, 6.07) is 21.3. The van der Waals surface area contributed by atoms with Crippen molar-refractivity contribution in [3.8, 4) is 5.75 Å². The minimum absolute atomic E-state index is 0.157. The third-order valence-electron chi connectivity index (χ3n) is 5.32. The molecule has 1 aliphatic rings. The summed E-state index contributed by atoms with van der Waals surface area (Å²) < 4.78 is 5.69. The zero-order valence-electron chi connectivity index (χ0n) is 19.2. The van der Waals surface area contributed by atoms with Gasteiger partial charge in [0.05, 0.1) is 23.6 Å². The number of nitrogens with zero attached hydrogens (tertiary/aromatic N) is 1. The number of ether oxygens (including phenoxy) is 1. The number of hydrogen-bond acceptors (Lipinski definition) is 5. The summed E-state index contributed by atoms with van der Waals surface area (Å²) in [7, 11) is 0. The van der Waals surface area contributed by atoms with E-state index in [2.05, 4.69) is 10.6 Å². The lowest BCUT2D eigenvalue weighted by molar-refractivity contribution is -0.120. The molecule has 34 heavy (non-hydrogen) atoms. The highest BCUT2D eigenvalue weighted by Crippen LogP contribution is 2.36. The van der Waals surface area contributed by atoms with E-state index < -0.39 is 11.8 Å². The molecule has 1 heterocycles. The smallest absolute Gasteiger partial charge is 0.282 e. The summed E-state index contributed by atoms with van der Waals surface area (Å²) in [4.78, 5) is 39.7. The molecular weight excluding hydrogens is 430 g/mol. The van der Waals surface area contributed by atoms with Crippen molar-refractivity contribution in [3.63, 3.8) is 0 Å². The Bertz CT molecular complexity index is 1280. The number of aryl methyl sites for hydroxylation is 1. The highest BCUT2D eigenvalue weighted by atomic mass is 16.5. The Hall–Kier alpha value is -4.39. The molecule has 172 valence electrons. The first-order valence-corrected chi connectivity index (χ1v) is 11.0. The predicted octanol–water partition coefficient (Wildman–Crippen LogP) is 4.75. The summed E-state index contributed by atoms with van der Waals surface area (Å²) in [6.07, 6.45) is 0. The molecular formula is C27H25N3O4. The van der Waals surface area contributed by atoms with Crippen LogP contribution in [0.3, 0.4) is 0 Å². The Morgan fingerprint density at radius 1 is 0.912 bits per heavy atom. The van der Waals surface area contributed by atoms with E-state index in [4.69, 9.17) is 4.74 Å². The monoisotopic (exact) mass is 455 g/mol. The van der Waals surface area contributed by atoms with Gasteiger partial charge < -0.3 is 15.4 Å². The standard InChI is InChI=1S/C27H25N3O4/c1-4-34-23-8-6-5-7-22(23)29-25-24(19-11-13-20(14-12-19)28-18(3)31)26(32)30(27(25)33)21-15-9-17(2)10-16-21/h5-16,29H,4H2,1-3H3,(H,28,31). The van der Waals surface area contributed by atoms with Gasteiger partial charge in [0.1, 0.15) is 11.4 Å². The molecule has 3 aromatic carbocycles. The third kappa shape index (κ3) is 4.54. The van der Waals surface area contributed by atoms with Crippen LogP contribution in [0.15, 0.2) is 78.5 Å². The van der Waals surface area contributed by atoms with Gasteiger partial charge in [0, 0.05) is 12.6 Å². The van der Waals surface area contributed by atoms with Crippen molar-refractivity contribution in [2.45, 2.75) is 20.8 Å². The van der Waals surface area contributed by atoms with Gasteiger partial charge in [0.15, 0.2) is 0 Å². The van der Waals surface area contributed by atoms with Crippen molar-refractivity contribution in [3.05, 3.63) is 89.6 Å². The van der Waals surface area contributed by atoms with Crippen molar-refractivity contribution in [2.75, 3.05) is 22.1 Å². The highest BCUT2D eigenvalue weighted by molar-refractivity contribution is 6.46. The predicted molar refractivity (Wildman–Crippen MR) is 133 cm³/mol. The van der Waals surface area contributed by atoms with Crippen LogP contribution >= 0.6 is 0 Å². The Morgan fingerprint density at radius 2 is 1.59 bits per heavy atom. The lowest BCUT2D eigenvalue weighted by Gasteiger charge is -2.16. The lowest BCUT2D eigenvalue weighted by atomic mass is 10.0. The van der Waals surface area contributed by atoms with E-state index >= 15 is 0 Å². The minimum Gasteiger partial charge on any atom is -0.492 e. The van der Waals surface area contributed by atoms with Crippen LogP contribution in [0.1, 0.15) is 25.0 Å². The Kier molecular flexibility index (Phi) is 6.45. The summed E-state index contributed by atoms with van der Waals surface area (Å²) in [5.74, 6) is -0.509. The SMILES string of the molecule is CCOc1ccccc1NC1=C(c2ccc(NC(C)=O)cc2)C(=O)N(c2ccc(C)cc2)C1=O. The molecule has 0 fully saturated rings. The average molecular weight is 456 g/mol. The number of imide groups is 1. The zero-order chi connectivity index (χ0) is 24.2. The number of hydrogen-bond donors (Lipinski definition) is 2. The van der Waals surface area contributed by atoms with Crippen LogP contribution in [0.4, 0.5) is 17.1 Å². The van der Waals surface area contributed by atoms with E-state index in [-0.39, 0.29) is 17.2 Å². The fourth-order valence-electron chi connectivity index (χ4n) is 3.75. The molecule has 0 bridgehead atoms. The molecule has 1 aliphatic heterocycles. The molecule has 4 rings (SSSR count). The molecule has 0 saturated carbocycles. The number of rotatable bonds is 7. The first-order chi connectivity index (χ1) is 16.4. The second-order valence-corrected chi connectivity index (χ2v) is 7.84. The summed E-state index contributed by atoms with van der Waals surface area (Å²) in [5, 5.41) is 5.86. The van der Waals surface area contributed by atoms with E-state index in [1.54, 1.807) is 48.5 Å². The molecule has 0 unspecified atom stereocenters. The van der Waals surface area contributed by atoms with Gasteiger partial charge in [-0.25, -0.2) is 4.90 Å². The van der Waals surface area contributed by atoms with Gasteiger partial charge >= 0.3 is 0 Å². The first kappa shape index (κ1) is 22.8. The van der Waals surface area contributed by atoms with Crippen LogP contribution in [0.25, 0.3) is 5.57 Å². The van der Waals surface area contributed by atoms with E-state index in [1.807, 2.05) is 38.1 Å². The van der Waals surface area contributed by atoms with Crippen molar-refractivity contribution in [2.24, 2.45) is 0 Å². The second kappa shape index (κ2) is 9.62. The minimum atomic E-state index is -0.457. The molecule has 7 heteroatoms. The van der Waals surface area contributed by atoms with Crippen molar-refractivity contribution in [1.82, 2.24) is 0 Å². The van der Waals surface area contributed by atoms with Gasteiger partial charge in [0.2, 0.25) is 5.91 Å². The number of nitrogens with one attached hydrogen (secondary N) is 2. The molecule has 0 atom stereocenters. The Morgan fingerprint density at radius 3 is 2.24 bits per heavy atom. The molecule has 0 saturated heterocycles. The maximum atomic E-state index is 13.6. The fraction of sp³-hybridized carbons (Fsp3) is 0.148. The van der Waals surface area contributed by atoms with Crippen LogP contribution in [0.5, 0.6) is 5.75 Å². The van der Waals surface area contributed by atoms with Gasteiger partial charge in [-0.2, -0.15) is 0 Å². The summed E-state index contributed by atoms with van der Waals surface area (Å²) >= 11 is 0. The number of carbonyl (C=O) groups is 3. The van der Waals surface area contributed by atoms with Crippen LogP contribution in [0, 0.1) is 6.92 Å². The molecule has 0 aromatic heterocycles. The van der Waals surface area contributed by atoms with Crippen LogP contribution < -0.4 is 20.3 Å². The maximum Gasteiger partial charge on any atom is 0.282 e. The summed E-state index contributed by atoms with van der Waals surface area (Å²) in [5.41, 5.74) is 3.64. The van der Waals surface area contributed by atoms with Crippen molar-refractivity contribution in [1.29, 1.82) is 0 Å². The normalized spacial score (nSPS) is 13.3. The van der Waals surface area contributed by atoms with Crippen LogP contribution in [-0.4, -0.2) is 24.3 Å². The molecule has 0 spiro atoms. The maximum absolute atomic E-state index is 13.6. The fourth-order valence-corrected chi connectivity index (χ4v) is 3.75. The topological polar surface area (TPSA) is 87.7 Å². The number of carbonyl (C=O) groups excluding carboxylic acids is 3. The van der Waals surface area contributed by atoms with E-state index in [9.17, 15) is 14.4 Å². The van der Waals surface area contributed by atoms with Crippen molar-refractivity contribution >= 4 is 40.4 Å². The molecule has 3 amide bonds. The Balaban J connectivity index is 1.79. The molecule has 0 radical (unpaired) electrons. The zero-order valence-corrected chi connectivity index (χ0v) is 19.2. The largest absolute Gasteiger partial charge is 0.492 e. The lowest BCUT2D eigenvalue weighted by Crippen LogP contribution is -2.32. The molecule has 3 aromatic rings. The van der Waals surface area contributed by atoms with Gasteiger partial charge in [-0.1, -0.05) is 42.0 Å². The molecule has 7 nitrogen and oxygen atoms in total. The third-order valence-corrected chi connectivity index (χ3v) is 5.32. The molecule has 2 N–H and O–H groups in total. The molecule has 0 aliphatic carbocycles. The number of para-hydroxylation sites is 2. The van der Waals surface area contributed by atoms with E-state index in [0.29, 0.717) is 35.0 Å². The van der Waals surface area contributed by atoms with E-state index in [1.165, 1.54) is 11.8 Å². The van der Waals surface area contributed by atoms with Crippen LogP contribution in [-0.2, 0) is 14.4 Å². The van der Waals surface area contributed by atoms with Gasteiger partial charge in [-0.3, -0.25) is 14.4 Å². The second-order valence-electron chi connectivity index (χ2n) is 7.84. The highest BCUT2D eigenvalue weighted by Gasteiger charge is 2.40. The van der Waals surface area contributed by atoms with Gasteiger partial charge in [-0.15, -0.1) is 0 Å².